The van der Waals surface area contributed by atoms with Crippen molar-refractivity contribution in [3.8, 4) is 5.75 Å². The Morgan fingerprint density at radius 2 is 1.65 bits per heavy atom. The van der Waals surface area contributed by atoms with Crippen LogP contribution in [0.15, 0.2) is 53.4 Å². The normalized spacial score (nSPS) is 11.4. The topological polar surface area (TPSA) is 72.5 Å². The molecule has 0 spiro atoms. The van der Waals surface area contributed by atoms with Gasteiger partial charge in [0.25, 0.3) is 5.91 Å². The Bertz CT molecular complexity index is 825. The fourth-order valence-corrected chi connectivity index (χ4v) is 3.03. The maximum Gasteiger partial charge on any atom is 0.257 e. The third kappa shape index (κ3) is 6.19. The van der Waals surface area contributed by atoms with Gasteiger partial charge in [-0.25, -0.2) is 8.42 Å². The first kappa shape index (κ1) is 20.0. The summed E-state index contributed by atoms with van der Waals surface area (Å²) < 4.78 is 28.2. The van der Waals surface area contributed by atoms with Gasteiger partial charge in [-0.05, 0) is 47.7 Å². The van der Waals surface area contributed by atoms with Crippen LogP contribution in [0.3, 0.4) is 0 Å². The van der Waals surface area contributed by atoms with Crippen LogP contribution in [0.5, 0.6) is 5.75 Å². The predicted octanol–water partition coefficient (Wildman–Crippen LogP) is 2.95. The third-order valence-corrected chi connectivity index (χ3v) is 5.13. The molecule has 0 aromatic heterocycles. The number of sulfone groups is 1. The van der Waals surface area contributed by atoms with Gasteiger partial charge in [0, 0.05) is 12.8 Å². The summed E-state index contributed by atoms with van der Waals surface area (Å²) in [5, 5.41) is 2.81. The SMILES string of the molecule is CC(C)c1ccc(CCNC(=O)COc2ccc(S(C)(=O)=O)cc2)cc1. The smallest absolute Gasteiger partial charge is 0.257 e. The fourth-order valence-electron chi connectivity index (χ4n) is 2.40. The number of carbonyl (C=O) groups is 1. The van der Waals surface area contributed by atoms with E-state index >= 15 is 0 Å². The maximum atomic E-state index is 11.8. The van der Waals surface area contributed by atoms with Gasteiger partial charge in [0.2, 0.25) is 0 Å². The van der Waals surface area contributed by atoms with Crippen LogP contribution >= 0.6 is 0 Å². The molecular formula is C20H25NO4S. The van der Waals surface area contributed by atoms with Crippen LogP contribution < -0.4 is 10.1 Å². The maximum absolute atomic E-state index is 11.8. The molecule has 0 aliphatic rings. The summed E-state index contributed by atoms with van der Waals surface area (Å²) in [6.45, 7) is 4.74. The molecule has 0 saturated carbocycles. The van der Waals surface area contributed by atoms with Crippen molar-refractivity contribution in [2.45, 2.75) is 31.1 Å². The average molecular weight is 375 g/mol. The van der Waals surface area contributed by atoms with Gasteiger partial charge in [-0.2, -0.15) is 0 Å². The highest BCUT2D eigenvalue weighted by Gasteiger charge is 2.07. The van der Waals surface area contributed by atoms with E-state index in [0.29, 0.717) is 18.2 Å². The zero-order chi connectivity index (χ0) is 19.2. The Hall–Kier alpha value is -2.34. The summed E-state index contributed by atoms with van der Waals surface area (Å²) in [7, 11) is -3.23. The van der Waals surface area contributed by atoms with Crippen molar-refractivity contribution in [1.29, 1.82) is 0 Å². The highest BCUT2D eigenvalue weighted by Crippen LogP contribution is 2.16. The monoisotopic (exact) mass is 375 g/mol. The summed E-state index contributed by atoms with van der Waals surface area (Å²) in [6, 6.07) is 14.4. The van der Waals surface area contributed by atoms with Crippen LogP contribution in [0.2, 0.25) is 0 Å². The van der Waals surface area contributed by atoms with E-state index in [0.717, 1.165) is 12.7 Å². The van der Waals surface area contributed by atoms with E-state index in [9.17, 15) is 13.2 Å². The first-order chi connectivity index (χ1) is 12.3. The molecule has 2 rings (SSSR count). The molecule has 0 atom stereocenters. The summed E-state index contributed by atoms with van der Waals surface area (Å²) in [5.41, 5.74) is 2.47. The van der Waals surface area contributed by atoms with Crippen molar-refractivity contribution in [2.75, 3.05) is 19.4 Å². The summed E-state index contributed by atoms with van der Waals surface area (Å²) in [4.78, 5) is 12.1. The van der Waals surface area contributed by atoms with Gasteiger partial charge in [0.15, 0.2) is 16.4 Å². The quantitative estimate of drug-likeness (QED) is 0.770. The summed E-state index contributed by atoms with van der Waals surface area (Å²) >= 11 is 0. The van der Waals surface area contributed by atoms with Crippen LogP contribution in [-0.4, -0.2) is 33.7 Å². The standard InChI is InChI=1S/C20H25NO4S/c1-15(2)17-6-4-16(5-7-17)12-13-21-20(22)14-25-18-8-10-19(11-9-18)26(3,23)24/h4-11,15H,12-14H2,1-3H3,(H,21,22). The third-order valence-electron chi connectivity index (χ3n) is 4.00. The Balaban J connectivity index is 1.73. The number of amides is 1. The molecule has 1 amide bonds. The summed E-state index contributed by atoms with van der Waals surface area (Å²) in [5.74, 6) is 0.750. The van der Waals surface area contributed by atoms with Crippen molar-refractivity contribution >= 4 is 15.7 Å². The van der Waals surface area contributed by atoms with Crippen LogP contribution in [0, 0.1) is 0 Å². The number of nitrogens with one attached hydrogen (secondary N) is 1. The number of hydrogen-bond acceptors (Lipinski definition) is 4. The number of benzene rings is 2. The molecule has 2 aromatic carbocycles. The average Bonchev–Trinajstić information content (AvgIpc) is 2.60. The molecule has 1 N–H and O–H groups in total. The zero-order valence-electron chi connectivity index (χ0n) is 15.4. The second-order valence-electron chi connectivity index (χ2n) is 6.53. The molecule has 0 aliphatic heterocycles. The molecule has 0 saturated heterocycles. The van der Waals surface area contributed by atoms with E-state index in [1.165, 1.54) is 23.3 Å². The molecule has 0 radical (unpaired) electrons. The molecule has 0 fully saturated rings. The second kappa shape index (κ2) is 8.85. The van der Waals surface area contributed by atoms with E-state index < -0.39 is 9.84 Å². The lowest BCUT2D eigenvalue weighted by Gasteiger charge is -2.09. The molecule has 0 aliphatic carbocycles. The highest BCUT2D eigenvalue weighted by molar-refractivity contribution is 7.90. The van der Waals surface area contributed by atoms with Gasteiger partial charge in [-0.3, -0.25) is 4.79 Å². The molecule has 6 heteroatoms. The van der Waals surface area contributed by atoms with Gasteiger partial charge in [-0.1, -0.05) is 38.1 Å². The molecule has 140 valence electrons. The molecule has 0 heterocycles. The molecule has 26 heavy (non-hydrogen) atoms. The minimum Gasteiger partial charge on any atom is -0.484 e. The molecule has 5 nitrogen and oxygen atoms in total. The first-order valence-corrected chi connectivity index (χ1v) is 10.4. The number of rotatable bonds is 8. The second-order valence-corrected chi connectivity index (χ2v) is 8.54. The zero-order valence-corrected chi connectivity index (χ0v) is 16.2. The summed E-state index contributed by atoms with van der Waals surface area (Å²) in [6.07, 6.45) is 1.90. The Labute approximate surface area is 155 Å². The van der Waals surface area contributed by atoms with Crippen molar-refractivity contribution in [1.82, 2.24) is 5.32 Å². The molecule has 0 unspecified atom stereocenters. The number of hydrogen-bond donors (Lipinski definition) is 1. The minimum atomic E-state index is -3.23. The lowest BCUT2D eigenvalue weighted by Crippen LogP contribution is -2.30. The van der Waals surface area contributed by atoms with E-state index in [1.54, 1.807) is 12.1 Å². The van der Waals surface area contributed by atoms with E-state index in [4.69, 9.17) is 4.74 Å². The van der Waals surface area contributed by atoms with Crippen LogP contribution in [0.25, 0.3) is 0 Å². The largest absolute Gasteiger partial charge is 0.484 e. The van der Waals surface area contributed by atoms with E-state index in [2.05, 4.69) is 43.4 Å². The number of ether oxygens (including phenoxy) is 1. The fraction of sp³-hybridized carbons (Fsp3) is 0.350. The van der Waals surface area contributed by atoms with Crippen LogP contribution in [0.4, 0.5) is 0 Å². The molecular weight excluding hydrogens is 350 g/mol. The van der Waals surface area contributed by atoms with Crippen molar-refractivity contribution in [3.63, 3.8) is 0 Å². The van der Waals surface area contributed by atoms with E-state index in [1.807, 2.05) is 0 Å². The van der Waals surface area contributed by atoms with Crippen molar-refractivity contribution < 1.29 is 17.9 Å². The Morgan fingerprint density at radius 1 is 1.04 bits per heavy atom. The van der Waals surface area contributed by atoms with Crippen molar-refractivity contribution in [2.24, 2.45) is 0 Å². The van der Waals surface area contributed by atoms with Crippen LogP contribution in [-0.2, 0) is 21.1 Å². The lowest BCUT2D eigenvalue weighted by atomic mass is 10.0. The van der Waals surface area contributed by atoms with Crippen molar-refractivity contribution in [3.05, 3.63) is 59.7 Å². The van der Waals surface area contributed by atoms with Gasteiger partial charge in [0.05, 0.1) is 4.90 Å². The van der Waals surface area contributed by atoms with Gasteiger partial charge in [0.1, 0.15) is 5.75 Å². The van der Waals surface area contributed by atoms with Gasteiger partial charge < -0.3 is 10.1 Å². The van der Waals surface area contributed by atoms with Gasteiger partial charge >= 0.3 is 0 Å². The first-order valence-electron chi connectivity index (χ1n) is 8.54. The minimum absolute atomic E-state index is 0.107. The Kier molecular flexibility index (Phi) is 6.80. The van der Waals surface area contributed by atoms with Gasteiger partial charge in [-0.15, -0.1) is 0 Å². The lowest BCUT2D eigenvalue weighted by molar-refractivity contribution is -0.123. The number of carbonyl (C=O) groups excluding carboxylic acids is 1. The Morgan fingerprint density at radius 3 is 2.19 bits per heavy atom. The molecule has 2 aromatic rings. The van der Waals surface area contributed by atoms with Crippen LogP contribution in [0.1, 0.15) is 30.9 Å². The van der Waals surface area contributed by atoms with E-state index in [-0.39, 0.29) is 17.4 Å². The molecule has 0 bridgehead atoms. The predicted molar refractivity (Wildman–Crippen MR) is 102 cm³/mol. The highest BCUT2D eigenvalue weighted by atomic mass is 32.2.